The van der Waals surface area contributed by atoms with Crippen LogP contribution in [0, 0.1) is 0 Å². The molecule has 0 saturated carbocycles. The Hall–Kier alpha value is -1.71. The lowest BCUT2D eigenvalue weighted by molar-refractivity contribution is 0.588. The van der Waals surface area contributed by atoms with Gasteiger partial charge in [0.25, 0.3) is 0 Å². The Balaban J connectivity index is 1.94. The highest BCUT2D eigenvalue weighted by Gasteiger charge is 1.93. The highest BCUT2D eigenvalue weighted by molar-refractivity contribution is 5.08. The number of aromatic nitrogens is 4. The predicted molar refractivity (Wildman–Crippen MR) is 48.0 cm³/mol. The van der Waals surface area contributed by atoms with E-state index in [-0.39, 0.29) is 0 Å². The molecule has 13 heavy (non-hydrogen) atoms. The van der Waals surface area contributed by atoms with Crippen LogP contribution in [0.3, 0.4) is 0 Å². The Morgan fingerprint density at radius 2 is 2.31 bits per heavy atom. The van der Waals surface area contributed by atoms with Crippen molar-refractivity contribution in [3.63, 3.8) is 0 Å². The van der Waals surface area contributed by atoms with Gasteiger partial charge in [0, 0.05) is 25.1 Å². The maximum Gasteiger partial charge on any atom is 0.0692 e. The number of rotatable bonds is 3. The van der Waals surface area contributed by atoms with Crippen molar-refractivity contribution in [1.29, 1.82) is 0 Å². The number of hydrogen-bond donors (Lipinski definition) is 0. The summed E-state index contributed by atoms with van der Waals surface area (Å²) in [4.78, 5) is 4.04. The second-order valence-corrected chi connectivity index (χ2v) is 2.78. The van der Waals surface area contributed by atoms with E-state index in [9.17, 15) is 0 Å². The zero-order chi connectivity index (χ0) is 8.93. The summed E-state index contributed by atoms with van der Waals surface area (Å²) in [6.07, 6.45) is 8.13. The highest BCUT2D eigenvalue weighted by atomic mass is 15.4. The Morgan fingerprint density at radius 3 is 3.00 bits per heavy atom. The van der Waals surface area contributed by atoms with Gasteiger partial charge in [0.15, 0.2) is 0 Å². The van der Waals surface area contributed by atoms with Crippen LogP contribution in [-0.2, 0) is 13.0 Å². The number of pyridine rings is 1. The summed E-state index contributed by atoms with van der Waals surface area (Å²) in [5.41, 5.74) is 1.22. The van der Waals surface area contributed by atoms with Gasteiger partial charge in [0.1, 0.15) is 0 Å². The summed E-state index contributed by atoms with van der Waals surface area (Å²) in [5, 5.41) is 7.61. The van der Waals surface area contributed by atoms with Gasteiger partial charge in [0.05, 0.1) is 6.20 Å². The topological polar surface area (TPSA) is 43.6 Å². The molecule has 0 atom stereocenters. The van der Waals surface area contributed by atoms with Gasteiger partial charge in [-0.15, -0.1) is 5.10 Å². The molecule has 0 saturated heterocycles. The summed E-state index contributed by atoms with van der Waals surface area (Å²) in [7, 11) is 0. The molecule has 4 heteroatoms. The average Bonchev–Trinajstić information content (AvgIpc) is 2.69. The molecular formula is C9H10N4. The van der Waals surface area contributed by atoms with Crippen LogP contribution in [0.1, 0.15) is 5.56 Å². The quantitative estimate of drug-likeness (QED) is 0.694. The standard InChI is InChI=1S/C9H10N4/c1-2-9(8-10-4-1)3-6-13-7-5-11-12-13/h1-2,4-5,7-8H,3,6H2. The van der Waals surface area contributed by atoms with Crippen LogP contribution < -0.4 is 0 Å². The predicted octanol–water partition coefficient (Wildman–Crippen LogP) is 0.916. The van der Waals surface area contributed by atoms with Crippen LogP contribution in [0.25, 0.3) is 0 Å². The third-order valence-corrected chi connectivity index (χ3v) is 1.82. The van der Waals surface area contributed by atoms with Gasteiger partial charge in [0.2, 0.25) is 0 Å². The van der Waals surface area contributed by atoms with E-state index >= 15 is 0 Å². The average molecular weight is 174 g/mol. The summed E-state index contributed by atoms with van der Waals surface area (Å²) in [5.74, 6) is 0. The van der Waals surface area contributed by atoms with Gasteiger partial charge in [-0.25, -0.2) is 0 Å². The van der Waals surface area contributed by atoms with E-state index in [2.05, 4.69) is 21.4 Å². The van der Waals surface area contributed by atoms with Crippen molar-refractivity contribution in [3.05, 3.63) is 42.5 Å². The smallest absolute Gasteiger partial charge is 0.0692 e. The van der Waals surface area contributed by atoms with Crippen LogP contribution in [0.5, 0.6) is 0 Å². The molecule has 2 aromatic heterocycles. The van der Waals surface area contributed by atoms with Gasteiger partial charge < -0.3 is 0 Å². The van der Waals surface area contributed by atoms with Crippen molar-refractivity contribution in [2.45, 2.75) is 13.0 Å². The maximum absolute atomic E-state index is 4.04. The van der Waals surface area contributed by atoms with Gasteiger partial charge in [-0.2, -0.15) is 0 Å². The zero-order valence-corrected chi connectivity index (χ0v) is 7.17. The van der Waals surface area contributed by atoms with Crippen molar-refractivity contribution in [2.24, 2.45) is 0 Å². The van der Waals surface area contributed by atoms with E-state index in [1.807, 2.05) is 23.1 Å². The molecule has 0 aromatic carbocycles. The Morgan fingerprint density at radius 1 is 1.31 bits per heavy atom. The van der Waals surface area contributed by atoms with Gasteiger partial charge in [-0.05, 0) is 18.1 Å². The fraction of sp³-hybridized carbons (Fsp3) is 0.222. The fourth-order valence-corrected chi connectivity index (χ4v) is 1.14. The second kappa shape index (κ2) is 3.80. The van der Waals surface area contributed by atoms with Gasteiger partial charge >= 0.3 is 0 Å². The third-order valence-electron chi connectivity index (χ3n) is 1.82. The van der Waals surface area contributed by atoms with Crippen molar-refractivity contribution in [3.8, 4) is 0 Å². The fourth-order valence-electron chi connectivity index (χ4n) is 1.14. The minimum Gasteiger partial charge on any atom is -0.264 e. The molecule has 0 amide bonds. The Kier molecular flexibility index (Phi) is 2.31. The van der Waals surface area contributed by atoms with E-state index in [0.29, 0.717) is 0 Å². The molecule has 0 aliphatic heterocycles. The molecular weight excluding hydrogens is 164 g/mol. The monoisotopic (exact) mass is 174 g/mol. The lowest BCUT2D eigenvalue weighted by Gasteiger charge is -1.99. The first-order valence-corrected chi connectivity index (χ1v) is 4.18. The summed E-state index contributed by atoms with van der Waals surface area (Å²) >= 11 is 0. The lowest BCUT2D eigenvalue weighted by Crippen LogP contribution is -2.02. The molecule has 0 spiro atoms. The Labute approximate surface area is 76.2 Å². The molecule has 0 fully saturated rings. The molecule has 2 aromatic rings. The minimum atomic E-state index is 0.853. The molecule has 66 valence electrons. The molecule has 2 rings (SSSR count). The van der Waals surface area contributed by atoms with E-state index in [1.54, 1.807) is 12.4 Å². The first-order chi connectivity index (χ1) is 6.45. The second-order valence-electron chi connectivity index (χ2n) is 2.78. The largest absolute Gasteiger partial charge is 0.264 e. The highest BCUT2D eigenvalue weighted by Crippen LogP contribution is 1.98. The van der Waals surface area contributed by atoms with E-state index in [1.165, 1.54) is 5.56 Å². The lowest BCUT2D eigenvalue weighted by atomic mass is 10.2. The van der Waals surface area contributed by atoms with E-state index in [4.69, 9.17) is 0 Å². The van der Waals surface area contributed by atoms with Crippen LogP contribution in [0.2, 0.25) is 0 Å². The van der Waals surface area contributed by atoms with Crippen molar-refractivity contribution in [2.75, 3.05) is 0 Å². The Bertz CT molecular complexity index is 341. The molecule has 0 aliphatic rings. The van der Waals surface area contributed by atoms with Gasteiger partial charge in [-0.3, -0.25) is 9.67 Å². The van der Waals surface area contributed by atoms with Crippen molar-refractivity contribution < 1.29 is 0 Å². The van der Waals surface area contributed by atoms with Crippen LogP contribution in [-0.4, -0.2) is 20.0 Å². The molecule has 0 unspecified atom stereocenters. The van der Waals surface area contributed by atoms with E-state index < -0.39 is 0 Å². The normalized spacial score (nSPS) is 10.2. The molecule has 0 aliphatic carbocycles. The first kappa shape index (κ1) is 7.91. The maximum atomic E-state index is 4.04. The first-order valence-electron chi connectivity index (χ1n) is 4.18. The van der Waals surface area contributed by atoms with Crippen molar-refractivity contribution in [1.82, 2.24) is 20.0 Å². The third kappa shape index (κ3) is 2.11. The molecule has 2 heterocycles. The number of hydrogen-bond acceptors (Lipinski definition) is 3. The van der Waals surface area contributed by atoms with E-state index in [0.717, 1.165) is 13.0 Å². The van der Waals surface area contributed by atoms with Crippen LogP contribution >= 0.6 is 0 Å². The summed E-state index contributed by atoms with van der Waals surface area (Å²) in [6.45, 7) is 0.853. The molecule has 4 nitrogen and oxygen atoms in total. The van der Waals surface area contributed by atoms with Crippen LogP contribution in [0.15, 0.2) is 36.9 Å². The zero-order valence-electron chi connectivity index (χ0n) is 7.17. The number of aryl methyl sites for hydroxylation is 2. The summed E-state index contributed by atoms with van der Waals surface area (Å²) in [6, 6.07) is 4.00. The minimum absolute atomic E-state index is 0.853. The van der Waals surface area contributed by atoms with Crippen molar-refractivity contribution >= 4 is 0 Å². The molecule has 0 bridgehead atoms. The molecule has 0 N–H and O–H groups in total. The molecule has 0 radical (unpaired) electrons. The van der Waals surface area contributed by atoms with Gasteiger partial charge in [-0.1, -0.05) is 11.3 Å². The van der Waals surface area contributed by atoms with Crippen LogP contribution in [0.4, 0.5) is 0 Å². The summed E-state index contributed by atoms with van der Waals surface area (Å²) < 4.78 is 1.81. The number of nitrogens with zero attached hydrogens (tertiary/aromatic N) is 4. The SMILES string of the molecule is c1cncc(CCn2ccnn2)c1.